The second-order valence-corrected chi connectivity index (χ2v) is 8.90. The third-order valence-electron chi connectivity index (χ3n) is 5.42. The Morgan fingerprint density at radius 2 is 1.51 bits per heavy atom. The van der Waals surface area contributed by atoms with E-state index in [2.05, 4.69) is 9.72 Å². The van der Waals surface area contributed by atoms with Crippen molar-refractivity contribution in [1.29, 1.82) is 0 Å². The van der Waals surface area contributed by atoms with Crippen LogP contribution in [0.1, 0.15) is 49.7 Å². The highest BCUT2D eigenvalue weighted by Gasteiger charge is 2.35. The van der Waals surface area contributed by atoms with Crippen LogP contribution in [0.15, 0.2) is 72.8 Å². The highest BCUT2D eigenvalue weighted by Crippen LogP contribution is 2.38. The van der Waals surface area contributed by atoms with Crippen LogP contribution in [-0.2, 0) is 16.5 Å². The summed E-state index contributed by atoms with van der Waals surface area (Å²) in [6.45, 7) is 3.21. The van der Waals surface area contributed by atoms with E-state index in [0.29, 0.717) is 18.4 Å². The molecule has 0 spiro atoms. The van der Waals surface area contributed by atoms with Crippen molar-refractivity contribution >= 4 is 11.6 Å². The zero-order valence-corrected chi connectivity index (χ0v) is 20.0. The second kappa shape index (κ2) is 10.8. The molecule has 0 radical (unpaired) electrons. The highest BCUT2D eigenvalue weighted by atomic mass is 19.4. The Bertz CT molecular complexity index is 1180. The Kier molecular flexibility index (Phi) is 8.16. The van der Waals surface area contributed by atoms with Gasteiger partial charge in [0.25, 0.3) is 0 Å². The van der Waals surface area contributed by atoms with Crippen molar-refractivity contribution in [2.24, 2.45) is 5.73 Å². The first-order valence-corrected chi connectivity index (χ1v) is 11.2. The maximum Gasteiger partial charge on any atom is 0.573 e. The first-order chi connectivity index (χ1) is 17.1. The largest absolute Gasteiger partial charge is 0.573 e. The lowest BCUT2D eigenvalue weighted by atomic mass is 10.0. The van der Waals surface area contributed by atoms with Gasteiger partial charge in [-0.2, -0.15) is 13.2 Å². The summed E-state index contributed by atoms with van der Waals surface area (Å²) < 4.78 is 77.8. The number of benzene rings is 2. The van der Waals surface area contributed by atoms with E-state index in [1.165, 1.54) is 30.3 Å². The number of hydrogen-bond acceptors (Lipinski definition) is 4. The lowest BCUT2D eigenvalue weighted by Gasteiger charge is -2.25. The van der Waals surface area contributed by atoms with Gasteiger partial charge >= 0.3 is 12.5 Å². The number of alkyl halides is 6. The molecular weight excluding hydrogens is 500 g/mol. The zero-order chi connectivity index (χ0) is 27.4. The number of pyridine rings is 1. The fraction of sp³-hybridized carbons (Fsp3) is 0.308. The molecule has 3 aromatic rings. The molecule has 11 heteroatoms. The Morgan fingerprint density at radius 3 is 2.11 bits per heavy atom. The summed E-state index contributed by atoms with van der Waals surface area (Å²) in [6.07, 6.45) is -8.22. The van der Waals surface area contributed by atoms with Gasteiger partial charge in [-0.25, -0.2) is 4.98 Å². The number of hydrogen-bond donors (Lipinski definition) is 1. The number of nitrogens with zero attached hydrogens (tertiary/aromatic N) is 2. The van der Waals surface area contributed by atoms with Gasteiger partial charge in [0.1, 0.15) is 11.4 Å². The smallest absolute Gasteiger partial charge is 0.406 e. The summed E-state index contributed by atoms with van der Waals surface area (Å²) in [5.41, 5.74) is 5.46. The molecule has 1 amide bonds. The van der Waals surface area contributed by atoms with Crippen molar-refractivity contribution in [1.82, 2.24) is 4.98 Å². The molecule has 5 nitrogen and oxygen atoms in total. The van der Waals surface area contributed by atoms with Crippen LogP contribution in [0.5, 0.6) is 5.75 Å². The fourth-order valence-corrected chi connectivity index (χ4v) is 3.78. The summed E-state index contributed by atoms with van der Waals surface area (Å²) in [7, 11) is 0. The number of para-hydroxylation sites is 1. The molecule has 1 fully saturated rings. The molecule has 2 heterocycles. The molecule has 1 atom stereocenters. The van der Waals surface area contributed by atoms with Gasteiger partial charge in [0.05, 0.1) is 17.3 Å². The van der Waals surface area contributed by atoms with E-state index >= 15 is 0 Å². The Balaban J connectivity index is 0.000000233. The summed E-state index contributed by atoms with van der Waals surface area (Å²) in [6, 6.07) is 18.3. The van der Waals surface area contributed by atoms with Crippen LogP contribution in [0.3, 0.4) is 0 Å². The normalized spacial score (nSPS) is 16.3. The minimum atomic E-state index is -4.73. The zero-order valence-electron chi connectivity index (χ0n) is 20.0. The minimum Gasteiger partial charge on any atom is -0.406 e. The summed E-state index contributed by atoms with van der Waals surface area (Å²) >= 11 is 0. The average Bonchev–Trinajstić information content (AvgIpc) is 3.19. The predicted octanol–water partition coefficient (Wildman–Crippen LogP) is 6.75. The van der Waals surface area contributed by atoms with Gasteiger partial charge in [-0.3, -0.25) is 4.79 Å². The molecule has 2 aromatic carbocycles. The molecule has 4 rings (SSSR count). The van der Waals surface area contributed by atoms with E-state index in [9.17, 15) is 31.1 Å². The van der Waals surface area contributed by atoms with Gasteiger partial charge in [-0.1, -0.05) is 36.4 Å². The topological polar surface area (TPSA) is 68.4 Å². The van der Waals surface area contributed by atoms with Crippen molar-refractivity contribution in [2.75, 3.05) is 4.90 Å². The fourth-order valence-electron chi connectivity index (χ4n) is 3.78. The van der Waals surface area contributed by atoms with Gasteiger partial charge in [-0.05, 0) is 62.2 Å². The predicted molar refractivity (Wildman–Crippen MR) is 125 cm³/mol. The number of anilines is 1. The molecular formula is C26H25F6N3O2. The highest BCUT2D eigenvalue weighted by molar-refractivity contribution is 5.96. The molecule has 1 aliphatic heterocycles. The molecule has 198 valence electrons. The number of nitrogens with two attached hydrogens (primary N) is 1. The number of aromatic nitrogens is 1. The lowest BCUT2D eigenvalue weighted by Crippen LogP contribution is -2.30. The van der Waals surface area contributed by atoms with Crippen LogP contribution in [-0.4, -0.2) is 17.3 Å². The molecule has 1 aliphatic rings. The Hall–Kier alpha value is -3.60. The Labute approximate surface area is 209 Å². The summed E-state index contributed by atoms with van der Waals surface area (Å²) in [5.74, 6) is -0.314. The maximum atomic E-state index is 12.4. The second-order valence-electron chi connectivity index (χ2n) is 8.90. The summed E-state index contributed by atoms with van der Waals surface area (Å²) in [4.78, 5) is 17.3. The first-order valence-electron chi connectivity index (χ1n) is 11.2. The van der Waals surface area contributed by atoms with E-state index in [1.54, 1.807) is 24.8 Å². The van der Waals surface area contributed by atoms with Crippen molar-refractivity contribution in [3.05, 3.63) is 89.7 Å². The minimum absolute atomic E-state index is 0.0386. The quantitative estimate of drug-likeness (QED) is 0.383. The number of halogens is 6. The van der Waals surface area contributed by atoms with Gasteiger partial charge < -0.3 is 15.4 Å². The first kappa shape index (κ1) is 28.0. The van der Waals surface area contributed by atoms with Crippen LogP contribution in [0.25, 0.3) is 0 Å². The Morgan fingerprint density at radius 1 is 0.892 bits per heavy atom. The van der Waals surface area contributed by atoms with Gasteiger partial charge in [0, 0.05) is 12.1 Å². The summed E-state index contributed by atoms with van der Waals surface area (Å²) in [5, 5.41) is 0. The van der Waals surface area contributed by atoms with Crippen LogP contribution in [0, 0.1) is 0 Å². The maximum absolute atomic E-state index is 12.4. The molecule has 1 unspecified atom stereocenters. The monoisotopic (exact) mass is 525 g/mol. The van der Waals surface area contributed by atoms with Gasteiger partial charge in [0.2, 0.25) is 5.91 Å². The molecule has 0 saturated carbocycles. The van der Waals surface area contributed by atoms with Crippen molar-refractivity contribution in [2.45, 2.75) is 50.8 Å². The van der Waals surface area contributed by atoms with E-state index in [0.717, 1.165) is 11.8 Å². The average molecular weight is 525 g/mol. The van der Waals surface area contributed by atoms with Crippen LogP contribution >= 0.6 is 0 Å². The number of carbonyl (C=O) groups excluding carboxylic acids is 1. The number of carbonyl (C=O) groups is 1. The van der Waals surface area contributed by atoms with E-state index in [1.807, 2.05) is 30.3 Å². The molecule has 1 saturated heterocycles. The third-order valence-corrected chi connectivity index (χ3v) is 5.42. The number of amides is 1. The molecule has 37 heavy (non-hydrogen) atoms. The lowest BCUT2D eigenvalue weighted by molar-refractivity contribution is -0.274. The SMILES string of the molecule is CC(C)(N)c1cccc(C(F)(F)F)n1.O=C1CCC(c2cccc(OC(F)(F)F)c2)N1c1ccccc1. The molecule has 2 N–H and O–H groups in total. The van der Waals surface area contributed by atoms with Crippen LogP contribution in [0.4, 0.5) is 32.0 Å². The van der Waals surface area contributed by atoms with Crippen molar-refractivity contribution in [3.63, 3.8) is 0 Å². The van der Waals surface area contributed by atoms with Crippen LogP contribution < -0.4 is 15.4 Å². The van der Waals surface area contributed by atoms with Gasteiger partial charge in [0.15, 0.2) is 0 Å². The van der Waals surface area contributed by atoms with Crippen molar-refractivity contribution < 1.29 is 35.9 Å². The standard InChI is InChI=1S/C17H14F3NO2.C9H11F3N2/c18-17(19,20)23-14-8-4-5-12(11-14)15-9-10-16(22)21(15)13-6-2-1-3-7-13;1-8(2,13)6-4-3-5-7(14-6)9(10,11)12/h1-8,11,15H,9-10H2;3-5H,13H2,1-2H3. The van der Waals surface area contributed by atoms with E-state index in [4.69, 9.17) is 5.73 Å². The van der Waals surface area contributed by atoms with Crippen LogP contribution in [0.2, 0.25) is 0 Å². The third kappa shape index (κ3) is 7.69. The molecule has 0 aliphatic carbocycles. The molecule has 1 aromatic heterocycles. The van der Waals surface area contributed by atoms with E-state index < -0.39 is 23.8 Å². The number of rotatable bonds is 4. The number of ether oxygens (including phenoxy) is 1. The molecule has 0 bridgehead atoms. The van der Waals surface area contributed by atoms with Gasteiger partial charge in [-0.15, -0.1) is 13.2 Å². The van der Waals surface area contributed by atoms with Crippen molar-refractivity contribution in [3.8, 4) is 5.75 Å². The van der Waals surface area contributed by atoms with E-state index in [-0.39, 0.29) is 23.4 Å².